The molecule has 0 saturated carbocycles. The molecule has 2 aromatic carbocycles. The van der Waals surface area contributed by atoms with E-state index < -0.39 is 27.2 Å². The maximum absolute atomic E-state index is 13.7. The Morgan fingerprint density at radius 2 is 1.68 bits per heavy atom. The molecule has 0 aliphatic carbocycles. The summed E-state index contributed by atoms with van der Waals surface area (Å²) in [7, 11) is -2.66. The third kappa shape index (κ3) is 6.76. The van der Waals surface area contributed by atoms with Gasteiger partial charge < -0.3 is 15.4 Å². The number of methoxy groups -OCH3 is 1. The van der Waals surface area contributed by atoms with Crippen molar-refractivity contribution in [3.63, 3.8) is 0 Å². The first-order chi connectivity index (χ1) is 14.4. The van der Waals surface area contributed by atoms with Crippen molar-refractivity contribution < 1.29 is 27.1 Å². The molecule has 0 heterocycles. The number of rotatable bonds is 8. The average molecular weight is 452 g/mol. The fourth-order valence-electron chi connectivity index (χ4n) is 2.38. The Morgan fingerprint density at radius 3 is 2.23 bits per heavy atom. The largest absolute Gasteiger partial charge is 0.494 e. The third-order valence-electron chi connectivity index (χ3n) is 4.22. The first kappa shape index (κ1) is 24.3. The van der Waals surface area contributed by atoms with E-state index in [9.17, 15) is 22.4 Å². The predicted molar refractivity (Wildman–Crippen MR) is 115 cm³/mol. The van der Waals surface area contributed by atoms with Crippen molar-refractivity contribution >= 4 is 27.5 Å². The van der Waals surface area contributed by atoms with Crippen LogP contribution in [0.1, 0.15) is 31.1 Å². The van der Waals surface area contributed by atoms with E-state index in [0.29, 0.717) is 11.3 Å². The Kier molecular flexibility index (Phi) is 7.75. The summed E-state index contributed by atoms with van der Waals surface area (Å²) in [5, 5.41) is 5.35. The maximum atomic E-state index is 13.7. The molecule has 0 aliphatic rings. The molecule has 2 rings (SSSR count). The van der Waals surface area contributed by atoms with Crippen molar-refractivity contribution in [2.45, 2.75) is 25.7 Å². The first-order valence-electron chi connectivity index (χ1n) is 9.47. The van der Waals surface area contributed by atoms with Crippen LogP contribution in [0, 0.1) is 11.2 Å². The van der Waals surface area contributed by atoms with Crippen LogP contribution < -0.4 is 20.1 Å². The number of amides is 2. The molecule has 0 saturated heterocycles. The van der Waals surface area contributed by atoms with Crippen LogP contribution in [-0.4, -0.2) is 40.4 Å². The second-order valence-electron chi connectivity index (χ2n) is 7.73. The van der Waals surface area contributed by atoms with Crippen molar-refractivity contribution in [1.82, 2.24) is 10.0 Å². The summed E-state index contributed by atoms with van der Waals surface area (Å²) < 4.78 is 45.2. The lowest BCUT2D eigenvalue weighted by molar-refractivity contribution is -0.123. The zero-order valence-corrected chi connectivity index (χ0v) is 18.6. The van der Waals surface area contributed by atoms with Gasteiger partial charge >= 0.3 is 0 Å². The molecule has 0 radical (unpaired) electrons. The van der Waals surface area contributed by atoms with Gasteiger partial charge in [-0.3, -0.25) is 9.59 Å². The quantitative estimate of drug-likeness (QED) is 0.534. The molecule has 8 nitrogen and oxygen atoms in total. The Balaban J connectivity index is 1.86. The maximum Gasteiger partial charge on any atom is 0.251 e. The van der Waals surface area contributed by atoms with Crippen molar-refractivity contribution in [2.75, 3.05) is 25.5 Å². The molecular formula is C21H26FN3O5S. The van der Waals surface area contributed by atoms with Crippen LogP contribution >= 0.6 is 0 Å². The standard InChI is InChI=1S/C21H26FN3O5S/c1-21(2,3)20(27)25-15-7-5-14(6-8-15)19(26)23-11-12-24-31(28,29)16-9-10-18(30-4)17(22)13-16/h5-10,13,24H,11-12H2,1-4H3,(H,23,26)(H,25,27). The van der Waals surface area contributed by atoms with Crippen LogP contribution in [0.2, 0.25) is 0 Å². The van der Waals surface area contributed by atoms with Crippen molar-refractivity contribution in [1.29, 1.82) is 0 Å². The molecule has 168 valence electrons. The Morgan fingerprint density at radius 1 is 1.03 bits per heavy atom. The van der Waals surface area contributed by atoms with Crippen LogP contribution in [0.25, 0.3) is 0 Å². The zero-order chi connectivity index (χ0) is 23.2. The topological polar surface area (TPSA) is 114 Å². The number of hydrogen-bond acceptors (Lipinski definition) is 5. The van der Waals surface area contributed by atoms with E-state index in [1.807, 2.05) is 0 Å². The summed E-state index contributed by atoms with van der Waals surface area (Å²) in [6.07, 6.45) is 0. The molecule has 31 heavy (non-hydrogen) atoms. The molecule has 0 unspecified atom stereocenters. The second kappa shape index (κ2) is 9.88. The first-order valence-corrected chi connectivity index (χ1v) is 11.0. The van der Waals surface area contributed by atoms with Crippen molar-refractivity contribution in [3.05, 3.63) is 53.8 Å². The average Bonchev–Trinajstić information content (AvgIpc) is 2.70. The lowest BCUT2D eigenvalue weighted by atomic mass is 9.95. The van der Waals surface area contributed by atoms with Crippen LogP contribution in [0.5, 0.6) is 5.75 Å². The summed E-state index contributed by atoms with van der Waals surface area (Å²) >= 11 is 0. The molecule has 0 aliphatic heterocycles. The number of halogens is 1. The molecule has 0 bridgehead atoms. The number of nitrogens with one attached hydrogen (secondary N) is 3. The normalized spacial score (nSPS) is 11.6. The van der Waals surface area contributed by atoms with E-state index in [1.54, 1.807) is 45.0 Å². The van der Waals surface area contributed by atoms with E-state index >= 15 is 0 Å². The highest BCUT2D eigenvalue weighted by molar-refractivity contribution is 7.89. The van der Waals surface area contributed by atoms with Gasteiger partial charge in [0.05, 0.1) is 12.0 Å². The van der Waals surface area contributed by atoms with Gasteiger partial charge in [0.25, 0.3) is 5.91 Å². The lowest BCUT2D eigenvalue weighted by Gasteiger charge is -2.17. The minimum Gasteiger partial charge on any atom is -0.494 e. The summed E-state index contributed by atoms with van der Waals surface area (Å²) in [5.41, 5.74) is 0.380. The summed E-state index contributed by atoms with van der Waals surface area (Å²) in [6, 6.07) is 9.64. The number of anilines is 1. The molecule has 2 amide bonds. The SMILES string of the molecule is COc1ccc(S(=O)(=O)NCCNC(=O)c2ccc(NC(=O)C(C)(C)C)cc2)cc1F. The highest BCUT2D eigenvalue weighted by Crippen LogP contribution is 2.20. The Bertz CT molecular complexity index is 1050. The summed E-state index contributed by atoms with van der Waals surface area (Å²) in [5.74, 6) is -1.40. The fraction of sp³-hybridized carbons (Fsp3) is 0.333. The number of sulfonamides is 1. The number of carbonyl (C=O) groups is 2. The predicted octanol–water partition coefficient (Wildman–Crippen LogP) is 2.53. The van der Waals surface area contributed by atoms with E-state index in [0.717, 1.165) is 6.07 Å². The molecule has 2 aromatic rings. The van der Waals surface area contributed by atoms with Gasteiger partial charge in [-0.1, -0.05) is 20.8 Å². The number of carbonyl (C=O) groups excluding carboxylic acids is 2. The molecule has 0 spiro atoms. The zero-order valence-electron chi connectivity index (χ0n) is 17.8. The van der Waals surface area contributed by atoms with Crippen LogP contribution in [0.3, 0.4) is 0 Å². The van der Waals surface area contributed by atoms with E-state index in [1.165, 1.54) is 19.2 Å². The number of benzene rings is 2. The number of ether oxygens (including phenoxy) is 1. The van der Waals surface area contributed by atoms with Gasteiger partial charge in [0.1, 0.15) is 0 Å². The second-order valence-corrected chi connectivity index (χ2v) is 9.50. The van der Waals surface area contributed by atoms with Gasteiger partial charge in [-0.05, 0) is 42.5 Å². The van der Waals surface area contributed by atoms with Gasteiger partial charge in [-0.2, -0.15) is 0 Å². The smallest absolute Gasteiger partial charge is 0.251 e. The van der Waals surface area contributed by atoms with E-state index in [-0.39, 0.29) is 29.6 Å². The highest BCUT2D eigenvalue weighted by Gasteiger charge is 2.21. The number of hydrogen-bond donors (Lipinski definition) is 3. The van der Waals surface area contributed by atoms with Crippen molar-refractivity contribution in [2.24, 2.45) is 5.41 Å². The highest BCUT2D eigenvalue weighted by atomic mass is 32.2. The molecular weight excluding hydrogens is 425 g/mol. The molecule has 0 fully saturated rings. The van der Waals surface area contributed by atoms with Gasteiger partial charge in [0, 0.05) is 29.8 Å². The summed E-state index contributed by atoms with van der Waals surface area (Å²) in [4.78, 5) is 24.0. The Hall–Kier alpha value is -2.98. The van der Waals surface area contributed by atoms with Gasteiger partial charge in [0.15, 0.2) is 11.6 Å². The molecule has 10 heteroatoms. The van der Waals surface area contributed by atoms with Crippen molar-refractivity contribution in [3.8, 4) is 5.75 Å². The van der Waals surface area contributed by atoms with E-state index in [2.05, 4.69) is 15.4 Å². The molecule has 3 N–H and O–H groups in total. The fourth-order valence-corrected chi connectivity index (χ4v) is 3.43. The molecule has 0 aromatic heterocycles. The Labute approximate surface area is 181 Å². The van der Waals surface area contributed by atoms with Gasteiger partial charge in [-0.25, -0.2) is 17.5 Å². The minimum absolute atomic E-state index is 0.0270. The summed E-state index contributed by atoms with van der Waals surface area (Å²) in [6.45, 7) is 5.33. The van der Waals surface area contributed by atoms with Crippen LogP contribution in [0.15, 0.2) is 47.4 Å². The monoisotopic (exact) mass is 451 g/mol. The van der Waals surface area contributed by atoms with Crippen LogP contribution in [-0.2, 0) is 14.8 Å². The minimum atomic E-state index is -3.94. The third-order valence-corrected chi connectivity index (χ3v) is 5.68. The van der Waals surface area contributed by atoms with Gasteiger partial charge in [0.2, 0.25) is 15.9 Å². The lowest BCUT2D eigenvalue weighted by Crippen LogP contribution is -2.34. The molecule has 0 atom stereocenters. The van der Waals surface area contributed by atoms with Gasteiger partial charge in [-0.15, -0.1) is 0 Å². The van der Waals surface area contributed by atoms with Crippen LogP contribution in [0.4, 0.5) is 10.1 Å². The van der Waals surface area contributed by atoms with E-state index in [4.69, 9.17) is 4.74 Å².